The Morgan fingerprint density at radius 2 is 1.96 bits per heavy atom. The zero-order valence-corrected chi connectivity index (χ0v) is 19.0. The normalized spacial score (nSPS) is 16.2. The Balaban J connectivity index is 0.00000280. The molecule has 1 saturated heterocycles. The van der Waals surface area contributed by atoms with E-state index in [0.29, 0.717) is 0 Å². The number of hydrogen-bond acceptors (Lipinski definition) is 3. The molecule has 0 radical (unpaired) electrons. The van der Waals surface area contributed by atoms with Gasteiger partial charge in [-0.1, -0.05) is 30.3 Å². The van der Waals surface area contributed by atoms with Gasteiger partial charge in [-0.25, -0.2) is 0 Å². The monoisotopic (exact) mass is 497 g/mol. The predicted octanol–water partition coefficient (Wildman–Crippen LogP) is 3.19. The molecule has 1 fully saturated rings. The van der Waals surface area contributed by atoms with Gasteiger partial charge in [0.25, 0.3) is 0 Å². The topological polar surface area (TPSA) is 63.5 Å². The van der Waals surface area contributed by atoms with Crippen molar-refractivity contribution >= 4 is 29.9 Å². The van der Waals surface area contributed by atoms with Gasteiger partial charge in [-0.15, -0.1) is 24.0 Å². The largest absolute Gasteiger partial charge is 0.381 e. The van der Waals surface area contributed by atoms with Crippen molar-refractivity contribution in [3.05, 3.63) is 54.4 Å². The lowest BCUT2D eigenvalue weighted by molar-refractivity contribution is 0.0531. The third kappa shape index (κ3) is 6.48. The van der Waals surface area contributed by atoms with Gasteiger partial charge in [0.2, 0.25) is 0 Å². The Bertz CT molecular complexity index is 684. The quantitative estimate of drug-likeness (QED) is 0.255. The third-order valence-corrected chi connectivity index (χ3v) is 5.14. The molecule has 1 aliphatic heterocycles. The van der Waals surface area contributed by atoms with Crippen molar-refractivity contribution in [2.45, 2.75) is 38.1 Å². The first-order chi connectivity index (χ1) is 13.3. The lowest BCUT2D eigenvalue weighted by Gasteiger charge is -2.36. The molecule has 1 aromatic carbocycles. The van der Waals surface area contributed by atoms with Gasteiger partial charge in [-0.2, -0.15) is 5.10 Å². The van der Waals surface area contributed by atoms with Gasteiger partial charge in [0.05, 0.1) is 6.54 Å². The van der Waals surface area contributed by atoms with Crippen LogP contribution in [0.2, 0.25) is 0 Å². The summed E-state index contributed by atoms with van der Waals surface area (Å²) in [4.78, 5) is 4.94. The maximum Gasteiger partial charge on any atom is 0.191 e. The molecule has 1 aromatic heterocycles. The molecule has 2 heterocycles. The van der Waals surface area contributed by atoms with Crippen molar-refractivity contribution in [2.75, 3.05) is 32.8 Å². The van der Waals surface area contributed by atoms with Crippen LogP contribution in [0, 0.1) is 0 Å². The molecule has 0 spiro atoms. The predicted molar refractivity (Wildman–Crippen MR) is 124 cm³/mol. The number of benzene rings is 1. The van der Waals surface area contributed by atoms with Crippen LogP contribution in [0.1, 0.15) is 31.7 Å². The fraction of sp³-hybridized carbons (Fsp3) is 0.524. The first-order valence-corrected chi connectivity index (χ1v) is 9.95. The van der Waals surface area contributed by atoms with Gasteiger partial charge >= 0.3 is 0 Å². The first kappa shape index (κ1) is 22.7. The van der Waals surface area contributed by atoms with Crippen molar-refractivity contribution < 1.29 is 4.74 Å². The fourth-order valence-corrected chi connectivity index (χ4v) is 3.54. The number of aromatic nitrogens is 2. The molecule has 0 bridgehead atoms. The zero-order chi connectivity index (χ0) is 18.8. The van der Waals surface area contributed by atoms with Crippen molar-refractivity contribution in [1.29, 1.82) is 0 Å². The summed E-state index contributed by atoms with van der Waals surface area (Å²) in [5, 5.41) is 11.1. The number of hydrogen-bond donors (Lipinski definition) is 2. The van der Waals surface area contributed by atoms with E-state index in [0.717, 1.165) is 64.6 Å². The van der Waals surface area contributed by atoms with Crippen molar-refractivity contribution in [3.8, 4) is 0 Å². The van der Waals surface area contributed by atoms with Crippen LogP contribution in [-0.2, 0) is 16.7 Å². The van der Waals surface area contributed by atoms with Crippen LogP contribution >= 0.6 is 24.0 Å². The highest BCUT2D eigenvalue weighted by Gasteiger charge is 2.34. The molecule has 28 heavy (non-hydrogen) atoms. The lowest BCUT2D eigenvalue weighted by Crippen LogP contribution is -2.41. The molecule has 0 saturated carbocycles. The summed E-state index contributed by atoms with van der Waals surface area (Å²) in [5.41, 5.74) is 1.43. The highest BCUT2D eigenvalue weighted by molar-refractivity contribution is 14.0. The van der Waals surface area contributed by atoms with E-state index in [9.17, 15) is 0 Å². The van der Waals surface area contributed by atoms with Crippen LogP contribution in [0.25, 0.3) is 0 Å². The maximum absolute atomic E-state index is 5.63. The summed E-state index contributed by atoms with van der Waals surface area (Å²) < 4.78 is 7.58. The van der Waals surface area contributed by atoms with Gasteiger partial charge in [0.1, 0.15) is 0 Å². The number of halogens is 1. The minimum atomic E-state index is 0. The number of aliphatic imine (C=N–C) groups is 1. The molecule has 1 aliphatic rings. The molecular formula is C21H32IN5O. The van der Waals surface area contributed by atoms with Crippen LogP contribution in [0.4, 0.5) is 0 Å². The number of rotatable bonds is 8. The van der Waals surface area contributed by atoms with E-state index < -0.39 is 0 Å². The lowest BCUT2D eigenvalue weighted by atomic mass is 9.74. The standard InChI is InChI=1S/C21H31N5O.HI/c1-2-22-20(23-12-6-14-26-15-7-13-25-26)24-18-21(10-16-27-17-11-21)19-8-4-3-5-9-19;/h3-5,7-9,13,15H,2,6,10-12,14,16-18H2,1H3,(H2,22,23,24);1H. The Morgan fingerprint density at radius 1 is 1.18 bits per heavy atom. The van der Waals surface area contributed by atoms with Crippen LogP contribution in [0.15, 0.2) is 53.8 Å². The van der Waals surface area contributed by atoms with Gasteiger partial charge < -0.3 is 15.4 Å². The summed E-state index contributed by atoms with van der Waals surface area (Å²) in [6.45, 7) is 7.11. The van der Waals surface area contributed by atoms with Crippen LogP contribution in [0.3, 0.4) is 0 Å². The third-order valence-electron chi connectivity index (χ3n) is 5.14. The van der Waals surface area contributed by atoms with Crippen LogP contribution in [0.5, 0.6) is 0 Å². The average molecular weight is 497 g/mol. The number of ether oxygens (including phenoxy) is 1. The molecule has 6 nitrogen and oxygen atoms in total. The van der Waals surface area contributed by atoms with Crippen molar-refractivity contribution in [3.63, 3.8) is 0 Å². The minimum absolute atomic E-state index is 0. The Labute approximate surface area is 185 Å². The van der Waals surface area contributed by atoms with Crippen molar-refractivity contribution in [2.24, 2.45) is 4.99 Å². The fourth-order valence-electron chi connectivity index (χ4n) is 3.54. The van der Waals surface area contributed by atoms with Gasteiger partial charge in [-0.3, -0.25) is 9.67 Å². The smallest absolute Gasteiger partial charge is 0.191 e. The molecule has 0 amide bonds. The molecule has 154 valence electrons. The summed E-state index contributed by atoms with van der Waals surface area (Å²) in [7, 11) is 0. The second-order valence-electron chi connectivity index (χ2n) is 7.00. The number of nitrogens with zero attached hydrogens (tertiary/aromatic N) is 3. The molecule has 7 heteroatoms. The minimum Gasteiger partial charge on any atom is -0.381 e. The second kappa shape index (κ2) is 12.1. The molecule has 0 unspecified atom stereocenters. The summed E-state index contributed by atoms with van der Waals surface area (Å²) >= 11 is 0. The van der Waals surface area contributed by atoms with E-state index in [1.807, 2.05) is 23.1 Å². The van der Waals surface area contributed by atoms with E-state index >= 15 is 0 Å². The molecule has 2 N–H and O–H groups in total. The highest BCUT2D eigenvalue weighted by atomic mass is 127. The summed E-state index contributed by atoms with van der Waals surface area (Å²) in [5.74, 6) is 0.889. The van der Waals surface area contributed by atoms with E-state index in [4.69, 9.17) is 9.73 Å². The van der Waals surface area contributed by atoms with E-state index in [1.54, 1.807) is 0 Å². The van der Waals surface area contributed by atoms with Crippen molar-refractivity contribution in [1.82, 2.24) is 20.4 Å². The molecular weight excluding hydrogens is 465 g/mol. The Hall–Kier alpha value is -1.61. The number of nitrogens with one attached hydrogen (secondary N) is 2. The first-order valence-electron chi connectivity index (χ1n) is 9.95. The van der Waals surface area contributed by atoms with Gasteiger partial charge in [0.15, 0.2) is 5.96 Å². The molecule has 0 atom stereocenters. The zero-order valence-electron chi connectivity index (χ0n) is 16.6. The van der Waals surface area contributed by atoms with Gasteiger partial charge in [0, 0.05) is 50.7 Å². The Morgan fingerprint density at radius 3 is 2.64 bits per heavy atom. The molecule has 0 aliphatic carbocycles. The highest BCUT2D eigenvalue weighted by Crippen LogP contribution is 2.35. The van der Waals surface area contributed by atoms with Crippen LogP contribution < -0.4 is 10.6 Å². The number of aryl methyl sites for hydroxylation is 1. The SMILES string of the molecule is CCNC(=NCC1(c2ccccc2)CCOCC1)NCCCn1cccn1.I. The maximum atomic E-state index is 5.63. The number of guanidine groups is 1. The Kier molecular flexibility index (Phi) is 9.77. The average Bonchev–Trinajstić information content (AvgIpc) is 3.24. The van der Waals surface area contributed by atoms with Crippen LogP contribution in [-0.4, -0.2) is 48.6 Å². The van der Waals surface area contributed by atoms with E-state index in [-0.39, 0.29) is 29.4 Å². The van der Waals surface area contributed by atoms with E-state index in [1.165, 1.54) is 5.56 Å². The molecule has 2 aromatic rings. The summed E-state index contributed by atoms with van der Waals surface area (Å²) in [6, 6.07) is 12.7. The van der Waals surface area contributed by atoms with E-state index in [2.05, 4.69) is 53.0 Å². The van der Waals surface area contributed by atoms with Gasteiger partial charge in [-0.05, 0) is 37.8 Å². The molecule has 3 rings (SSSR count). The second-order valence-corrected chi connectivity index (χ2v) is 7.00. The summed E-state index contributed by atoms with van der Waals surface area (Å²) in [6.07, 6.45) is 6.84.